The van der Waals surface area contributed by atoms with Gasteiger partial charge in [0.05, 0.1) is 0 Å². The SMILES string of the molecule is Cc1cccc(OCc2nn(CC(=O)Nc3ccccc3C)c(=S)o2)c1. The van der Waals surface area contributed by atoms with Crippen LogP contribution in [0.3, 0.4) is 0 Å². The first-order valence-electron chi connectivity index (χ1n) is 8.13. The number of hydrogen-bond donors (Lipinski definition) is 1. The number of aryl methyl sites for hydroxylation is 2. The van der Waals surface area contributed by atoms with Gasteiger partial charge >= 0.3 is 0 Å². The Hall–Kier alpha value is -2.93. The molecule has 0 radical (unpaired) electrons. The molecule has 1 heterocycles. The Morgan fingerprint density at radius 2 is 2.04 bits per heavy atom. The Kier molecular flexibility index (Phi) is 5.48. The minimum absolute atomic E-state index is 0.0267. The Bertz CT molecular complexity index is 978. The standard InChI is InChI=1S/C19H19N3O3S/c1-13-6-5-8-15(10-13)24-12-18-21-22(19(26)25-18)11-17(23)20-16-9-4-3-7-14(16)2/h3-10H,11-12H2,1-2H3,(H,20,23). The highest BCUT2D eigenvalue weighted by Gasteiger charge is 2.11. The Morgan fingerprint density at radius 3 is 2.81 bits per heavy atom. The summed E-state index contributed by atoms with van der Waals surface area (Å²) in [5.41, 5.74) is 2.84. The number of anilines is 1. The van der Waals surface area contributed by atoms with E-state index in [0.717, 1.165) is 22.6 Å². The van der Waals surface area contributed by atoms with Crippen LogP contribution in [0.2, 0.25) is 0 Å². The van der Waals surface area contributed by atoms with Crippen molar-refractivity contribution in [3.8, 4) is 5.75 Å². The van der Waals surface area contributed by atoms with Gasteiger partial charge in [0.1, 0.15) is 12.3 Å². The van der Waals surface area contributed by atoms with Crippen LogP contribution in [-0.2, 0) is 17.9 Å². The summed E-state index contributed by atoms with van der Waals surface area (Å²) in [7, 11) is 0. The Labute approximate surface area is 156 Å². The van der Waals surface area contributed by atoms with E-state index in [4.69, 9.17) is 21.4 Å². The van der Waals surface area contributed by atoms with Gasteiger partial charge in [0, 0.05) is 5.69 Å². The van der Waals surface area contributed by atoms with Crippen LogP contribution in [0.5, 0.6) is 5.75 Å². The van der Waals surface area contributed by atoms with E-state index in [-0.39, 0.29) is 23.9 Å². The zero-order valence-electron chi connectivity index (χ0n) is 14.6. The minimum atomic E-state index is -0.227. The molecule has 1 aromatic heterocycles. The normalized spacial score (nSPS) is 10.5. The summed E-state index contributed by atoms with van der Waals surface area (Å²) in [6, 6.07) is 15.2. The fourth-order valence-corrected chi connectivity index (χ4v) is 2.60. The molecular formula is C19H19N3O3S. The van der Waals surface area contributed by atoms with Crippen LogP contribution in [0, 0.1) is 18.7 Å². The molecule has 7 heteroatoms. The lowest BCUT2D eigenvalue weighted by atomic mass is 10.2. The molecule has 1 N–H and O–H groups in total. The van der Waals surface area contributed by atoms with E-state index >= 15 is 0 Å². The maximum absolute atomic E-state index is 12.2. The zero-order chi connectivity index (χ0) is 18.5. The predicted octanol–water partition coefficient (Wildman–Crippen LogP) is 4.04. The van der Waals surface area contributed by atoms with Gasteiger partial charge in [-0.1, -0.05) is 30.3 Å². The van der Waals surface area contributed by atoms with Crippen LogP contribution in [0.4, 0.5) is 5.69 Å². The highest BCUT2D eigenvalue weighted by atomic mass is 32.1. The van der Waals surface area contributed by atoms with Crippen molar-refractivity contribution in [2.75, 3.05) is 5.32 Å². The molecule has 0 spiro atoms. The highest BCUT2D eigenvalue weighted by Crippen LogP contribution is 2.15. The van der Waals surface area contributed by atoms with E-state index in [1.165, 1.54) is 4.68 Å². The second-order valence-corrected chi connectivity index (χ2v) is 6.24. The zero-order valence-corrected chi connectivity index (χ0v) is 15.4. The second kappa shape index (κ2) is 7.97. The van der Waals surface area contributed by atoms with Crippen LogP contribution < -0.4 is 10.1 Å². The van der Waals surface area contributed by atoms with E-state index in [9.17, 15) is 4.79 Å². The number of hydrogen-bond acceptors (Lipinski definition) is 5. The molecule has 0 fully saturated rings. The molecule has 0 unspecified atom stereocenters. The predicted molar refractivity (Wildman–Crippen MR) is 101 cm³/mol. The molecule has 6 nitrogen and oxygen atoms in total. The summed E-state index contributed by atoms with van der Waals surface area (Å²) in [5.74, 6) is 0.813. The smallest absolute Gasteiger partial charge is 0.287 e. The lowest BCUT2D eigenvalue weighted by Gasteiger charge is -2.07. The first-order valence-corrected chi connectivity index (χ1v) is 8.54. The third-order valence-electron chi connectivity index (χ3n) is 3.71. The summed E-state index contributed by atoms with van der Waals surface area (Å²) >= 11 is 5.13. The topological polar surface area (TPSA) is 69.3 Å². The summed E-state index contributed by atoms with van der Waals surface area (Å²) < 4.78 is 12.4. The Morgan fingerprint density at radius 1 is 1.23 bits per heavy atom. The molecule has 0 aliphatic rings. The first-order chi connectivity index (χ1) is 12.5. The fourth-order valence-electron chi connectivity index (χ4n) is 2.40. The van der Waals surface area contributed by atoms with Crippen LogP contribution in [0.1, 0.15) is 17.0 Å². The van der Waals surface area contributed by atoms with Gasteiger partial charge in [0.25, 0.3) is 10.7 Å². The highest BCUT2D eigenvalue weighted by molar-refractivity contribution is 7.71. The average molecular weight is 369 g/mol. The number of nitrogens with one attached hydrogen (secondary N) is 1. The van der Waals surface area contributed by atoms with Crippen molar-refractivity contribution in [2.45, 2.75) is 27.0 Å². The molecule has 0 atom stereocenters. The number of rotatable bonds is 6. The summed E-state index contributed by atoms with van der Waals surface area (Å²) in [6.45, 7) is 4.03. The number of carbonyl (C=O) groups excluding carboxylic acids is 1. The van der Waals surface area contributed by atoms with E-state index in [0.29, 0.717) is 5.89 Å². The number of aromatic nitrogens is 2. The summed E-state index contributed by atoms with van der Waals surface area (Å²) in [4.78, 5) is 12.4. The quantitative estimate of drug-likeness (QED) is 0.664. The van der Waals surface area contributed by atoms with Gasteiger partial charge < -0.3 is 14.5 Å². The van der Waals surface area contributed by atoms with Crippen molar-refractivity contribution >= 4 is 23.8 Å². The fraction of sp³-hybridized carbons (Fsp3) is 0.211. The van der Waals surface area contributed by atoms with Crippen molar-refractivity contribution in [1.82, 2.24) is 9.78 Å². The molecule has 134 valence electrons. The molecule has 2 aromatic carbocycles. The average Bonchev–Trinajstić information content (AvgIpc) is 2.95. The lowest BCUT2D eigenvalue weighted by Crippen LogP contribution is -2.20. The van der Waals surface area contributed by atoms with E-state index in [1.807, 2.05) is 62.4 Å². The van der Waals surface area contributed by atoms with Crippen LogP contribution in [0.15, 0.2) is 52.9 Å². The molecule has 3 aromatic rings. The molecule has 0 aliphatic carbocycles. The third-order valence-corrected chi connectivity index (χ3v) is 4.01. The van der Waals surface area contributed by atoms with Crippen molar-refractivity contribution in [3.63, 3.8) is 0 Å². The Balaban J connectivity index is 1.62. The monoisotopic (exact) mass is 369 g/mol. The number of para-hydroxylation sites is 1. The van der Waals surface area contributed by atoms with Gasteiger partial charge in [0.2, 0.25) is 5.91 Å². The largest absolute Gasteiger partial charge is 0.484 e. The minimum Gasteiger partial charge on any atom is -0.484 e. The number of ether oxygens (including phenoxy) is 1. The van der Waals surface area contributed by atoms with Gasteiger partial charge in [-0.2, -0.15) is 0 Å². The molecule has 3 rings (SSSR count). The van der Waals surface area contributed by atoms with E-state index < -0.39 is 0 Å². The lowest BCUT2D eigenvalue weighted by molar-refractivity contribution is -0.117. The van der Waals surface area contributed by atoms with Crippen LogP contribution in [0.25, 0.3) is 0 Å². The van der Waals surface area contributed by atoms with Crippen LogP contribution >= 0.6 is 12.2 Å². The molecule has 0 bridgehead atoms. The maximum Gasteiger partial charge on any atom is 0.287 e. The van der Waals surface area contributed by atoms with E-state index in [1.54, 1.807) is 0 Å². The molecule has 0 aliphatic heterocycles. The summed E-state index contributed by atoms with van der Waals surface area (Å²) in [5, 5.41) is 7.05. The summed E-state index contributed by atoms with van der Waals surface area (Å²) in [6.07, 6.45) is 0. The van der Waals surface area contributed by atoms with Gasteiger partial charge in [-0.05, 0) is 55.4 Å². The third kappa shape index (κ3) is 4.58. The van der Waals surface area contributed by atoms with Crippen molar-refractivity contribution in [2.24, 2.45) is 0 Å². The van der Waals surface area contributed by atoms with Crippen molar-refractivity contribution < 1.29 is 13.9 Å². The number of benzene rings is 2. The molecular weight excluding hydrogens is 350 g/mol. The van der Waals surface area contributed by atoms with Gasteiger partial charge in [-0.15, -0.1) is 5.10 Å². The number of amides is 1. The first kappa shape index (κ1) is 17.9. The maximum atomic E-state index is 12.2. The molecule has 0 saturated carbocycles. The second-order valence-electron chi connectivity index (χ2n) is 5.89. The van der Waals surface area contributed by atoms with E-state index in [2.05, 4.69) is 10.4 Å². The molecule has 1 amide bonds. The molecule has 0 saturated heterocycles. The van der Waals surface area contributed by atoms with Crippen LogP contribution in [-0.4, -0.2) is 15.7 Å². The van der Waals surface area contributed by atoms with Gasteiger partial charge in [0.15, 0.2) is 6.61 Å². The van der Waals surface area contributed by atoms with Gasteiger partial charge in [-0.25, -0.2) is 4.68 Å². The van der Waals surface area contributed by atoms with Gasteiger partial charge in [-0.3, -0.25) is 4.79 Å². The number of nitrogens with zero attached hydrogens (tertiary/aromatic N) is 2. The van der Waals surface area contributed by atoms with Crippen molar-refractivity contribution in [1.29, 1.82) is 0 Å². The van der Waals surface area contributed by atoms with Crippen molar-refractivity contribution in [3.05, 3.63) is 70.4 Å². The molecule has 26 heavy (non-hydrogen) atoms. The number of carbonyl (C=O) groups is 1.